The van der Waals surface area contributed by atoms with Crippen molar-refractivity contribution in [1.29, 1.82) is 0 Å². The zero-order valence-corrected chi connectivity index (χ0v) is 21.8. The molecule has 10 fully saturated rings. The highest BCUT2D eigenvalue weighted by Crippen LogP contribution is 2.85. The van der Waals surface area contributed by atoms with Crippen molar-refractivity contribution in [3.63, 3.8) is 0 Å². The summed E-state index contributed by atoms with van der Waals surface area (Å²) in [5.74, 6) is 6.16. The van der Waals surface area contributed by atoms with Crippen LogP contribution >= 0.6 is 0 Å². The van der Waals surface area contributed by atoms with Gasteiger partial charge < -0.3 is 4.74 Å². The van der Waals surface area contributed by atoms with E-state index in [4.69, 9.17) is 4.74 Å². The molecule has 12 atom stereocenters. The predicted molar refractivity (Wildman–Crippen MR) is 126 cm³/mol. The third kappa shape index (κ3) is 1.77. The fourth-order valence-corrected chi connectivity index (χ4v) is 13.0. The van der Waals surface area contributed by atoms with E-state index in [0.29, 0.717) is 44.7 Å². The largest absolute Gasteiger partial charge is 0.374 e. The second kappa shape index (κ2) is 5.13. The molecule has 1 heterocycles. The van der Waals surface area contributed by atoms with Crippen molar-refractivity contribution in [2.75, 3.05) is 0 Å². The van der Waals surface area contributed by atoms with E-state index in [1.807, 2.05) is 0 Å². The summed E-state index contributed by atoms with van der Waals surface area (Å²) in [5.41, 5.74) is 2.65. The first-order chi connectivity index (χ1) is 14.2. The van der Waals surface area contributed by atoms with Gasteiger partial charge in [0.2, 0.25) is 0 Å². The summed E-state index contributed by atoms with van der Waals surface area (Å²) in [5, 5.41) is 0. The van der Waals surface area contributed by atoms with E-state index < -0.39 is 0 Å². The third-order valence-corrected chi connectivity index (χ3v) is 15.5. The monoisotopic (exact) mass is 424 g/mol. The van der Waals surface area contributed by atoms with Crippen molar-refractivity contribution in [3.05, 3.63) is 0 Å². The lowest BCUT2D eigenvalue weighted by molar-refractivity contribution is -0.320. The SMILES string of the molecule is CC1(C)C2CC3OC4CC5CC(C5(C)C)C4(C)C4(C)C5CC(CC4C3(C)C1C2)C5(C)C. The normalized spacial score (nSPS) is 65.5. The molecule has 6 bridgehead atoms. The van der Waals surface area contributed by atoms with Gasteiger partial charge in [-0.05, 0) is 102 Å². The van der Waals surface area contributed by atoms with Crippen molar-refractivity contribution < 1.29 is 4.74 Å². The average molecular weight is 425 g/mol. The lowest BCUT2D eigenvalue weighted by atomic mass is 9.24. The molecule has 9 aliphatic carbocycles. The van der Waals surface area contributed by atoms with E-state index in [1.165, 1.54) is 38.5 Å². The minimum Gasteiger partial charge on any atom is -0.374 e. The third-order valence-electron chi connectivity index (χ3n) is 15.5. The minimum absolute atomic E-state index is 0.331. The summed E-state index contributed by atoms with van der Waals surface area (Å²) in [6.07, 6.45) is 9.62. The zero-order valence-electron chi connectivity index (χ0n) is 21.8. The molecule has 0 amide bonds. The van der Waals surface area contributed by atoms with E-state index in [0.717, 1.165) is 41.4 Å². The maximum atomic E-state index is 7.51. The van der Waals surface area contributed by atoms with Crippen LogP contribution in [0.15, 0.2) is 0 Å². The Labute approximate surface area is 191 Å². The van der Waals surface area contributed by atoms with Crippen molar-refractivity contribution in [2.24, 2.45) is 73.9 Å². The van der Waals surface area contributed by atoms with Crippen molar-refractivity contribution in [2.45, 2.75) is 113 Å². The smallest absolute Gasteiger partial charge is 0.0643 e. The Morgan fingerprint density at radius 1 is 0.452 bits per heavy atom. The van der Waals surface area contributed by atoms with Gasteiger partial charge in [-0.25, -0.2) is 0 Å². The lowest BCUT2D eigenvalue weighted by Crippen LogP contribution is -2.76. The standard InChI is InChI=1S/C30H48O/c1-25(2)17-10-19(25)28(7)22-13-16-11-20(26(16,3)4)29(22,8)30(9)21-12-18(27(21,5)6)15-24(30)31-23(28)14-17/h16-24H,10-15H2,1-9H3. The summed E-state index contributed by atoms with van der Waals surface area (Å²) < 4.78 is 7.51. The Kier molecular flexibility index (Phi) is 3.37. The molecule has 0 aromatic heterocycles. The lowest BCUT2D eigenvalue weighted by Gasteiger charge is -2.80. The van der Waals surface area contributed by atoms with Crippen molar-refractivity contribution in [1.82, 2.24) is 0 Å². The molecular weight excluding hydrogens is 376 g/mol. The van der Waals surface area contributed by atoms with Crippen LogP contribution in [-0.4, -0.2) is 12.2 Å². The maximum absolute atomic E-state index is 7.51. The molecule has 31 heavy (non-hydrogen) atoms. The fraction of sp³-hybridized carbons (Fsp3) is 1.00. The van der Waals surface area contributed by atoms with Gasteiger partial charge in [-0.2, -0.15) is 0 Å². The van der Waals surface area contributed by atoms with Crippen LogP contribution in [-0.2, 0) is 4.74 Å². The second-order valence-corrected chi connectivity index (χ2v) is 16.2. The molecule has 0 aromatic carbocycles. The van der Waals surface area contributed by atoms with Crippen molar-refractivity contribution in [3.8, 4) is 0 Å². The van der Waals surface area contributed by atoms with Crippen LogP contribution in [0.3, 0.4) is 0 Å². The molecule has 0 spiro atoms. The molecule has 0 radical (unpaired) electrons. The highest BCUT2D eigenvalue weighted by molar-refractivity contribution is 5.29. The van der Waals surface area contributed by atoms with Crippen LogP contribution in [0, 0.1) is 73.9 Å². The van der Waals surface area contributed by atoms with Crippen LogP contribution in [0.25, 0.3) is 0 Å². The Balaban J connectivity index is 1.46. The maximum Gasteiger partial charge on any atom is 0.0643 e. The molecule has 1 aliphatic heterocycles. The summed E-state index contributed by atoms with van der Waals surface area (Å²) in [6.45, 7) is 24.1. The average Bonchev–Trinajstić information content (AvgIpc) is 2.75. The second-order valence-electron chi connectivity index (χ2n) is 16.2. The van der Waals surface area contributed by atoms with Crippen LogP contribution in [0.4, 0.5) is 0 Å². The number of rotatable bonds is 0. The molecule has 10 rings (SSSR count). The molecule has 1 nitrogen and oxygen atoms in total. The molecule has 1 saturated heterocycles. The first-order valence-corrected chi connectivity index (χ1v) is 13.9. The Morgan fingerprint density at radius 2 is 0.871 bits per heavy atom. The van der Waals surface area contributed by atoms with Crippen LogP contribution in [0.1, 0.15) is 101 Å². The first kappa shape index (κ1) is 20.3. The quantitative estimate of drug-likeness (QED) is 0.389. The summed E-state index contributed by atoms with van der Waals surface area (Å²) in [4.78, 5) is 0. The molecule has 1 heteroatoms. The van der Waals surface area contributed by atoms with Gasteiger partial charge in [0.25, 0.3) is 0 Å². The van der Waals surface area contributed by atoms with Crippen molar-refractivity contribution >= 4 is 0 Å². The molecule has 12 unspecified atom stereocenters. The molecule has 10 aliphatic rings. The van der Waals surface area contributed by atoms with Gasteiger partial charge in [0.05, 0.1) is 12.2 Å². The zero-order chi connectivity index (χ0) is 22.1. The molecule has 9 saturated carbocycles. The van der Waals surface area contributed by atoms with E-state index >= 15 is 0 Å². The highest BCUT2D eigenvalue weighted by Gasteiger charge is 2.81. The van der Waals surface area contributed by atoms with Gasteiger partial charge in [-0.3, -0.25) is 0 Å². The minimum atomic E-state index is 0.331. The Bertz CT molecular complexity index is 852. The Hall–Kier alpha value is -0.0400. The summed E-state index contributed by atoms with van der Waals surface area (Å²) in [6, 6.07) is 0. The molecular formula is C30H48O. The van der Waals surface area contributed by atoms with E-state index in [-0.39, 0.29) is 0 Å². The predicted octanol–water partition coefficient (Wildman–Crippen LogP) is 7.59. The Morgan fingerprint density at radius 3 is 1.42 bits per heavy atom. The van der Waals surface area contributed by atoms with E-state index in [1.54, 1.807) is 0 Å². The van der Waals surface area contributed by atoms with Gasteiger partial charge in [0, 0.05) is 10.8 Å². The van der Waals surface area contributed by atoms with Gasteiger partial charge in [0.15, 0.2) is 0 Å². The summed E-state index contributed by atoms with van der Waals surface area (Å²) in [7, 11) is 0. The van der Waals surface area contributed by atoms with Crippen LogP contribution in [0.5, 0.6) is 0 Å². The van der Waals surface area contributed by atoms with Crippen LogP contribution < -0.4 is 0 Å². The van der Waals surface area contributed by atoms with E-state index in [2.05, 4.69) is 62.3 Å². The number of hydrogen-bond donors (Lipinski definition) is 0. The topological polar surface area (TPSA) is 9.23 Å². The van der Waals surface area contributed by atoms with Gasteiger partial charge in [0.1, 0.15) is 0 Å². The van der Waals surface area contributed by atoms with Gasteiger partial charge in [-0.1, -0.05) is 62.3 Å². The number of ether oxygens (including phenoxy) is 1. The molecule has 174 valence electrons. The molecule has 0 N–H and O–H groups in total. The van der Waals surface area contributed by atoms with Gasteiger partial charge >= 0.3 is 0 Å². The van der Waals surface area contributed by atoms with E-state index in [9.17, 15) is 0 Å². The fourth-order valence-electron chi connectivity index (χ4n) is 13.0. The van der Waals surface area contributed by atoms with Gasteiger partial charge in [-0.15, -0.1) is 0 Å². The highest BCUT2D eigenvalue weighted by atomic mass is 16.5. The first-order valence-electron chi connectivity index (χ1n) is 13.9. The number of hydrogen-bond acceptors (Lipinski definition) is 1. The van der Waals surface area contributed by atoms with Crippen LogP contribution in [0.2, 0.25) is 0 Å². The molecule has 0 aromatic rings. The summed E-state index contributed by atoms with van der Waals surface area (Å²) >= 11 is 0.